The molecule has 3 N–H and O–H groups in total. The van der Waals surface area contributed by atoms with Crippen LogP contribution in [-0.2, 0) is 4.74 Å². The van der Waals surface area contributed by atoms with E-state index in [1.165, 1.54) is 0 Å². The van der Waals surface area contributed by atoms with Gasteiger partial charge in [0.1, 0.15) is 0 Å². The molecule has 0 spiro atoms. The molecule has 0 saturated carbocycles. The van der Waals surface area contributed by atoms with Gasteiger partial charge in [-0.3, -0.25) is 0 Å². The number of hydrogen-bond donors (Lipinski definition) is 3. The van der Waals surface area contributed by atoms with Crippen LogP contribution in [0, 0.1) is 0 Å². The van der Waals surface area contributed by atoms with Crippen molar-refractivity contribution >= 4 is 5.97 Å². The van der Waals surface area contributed by atoms with Crippen molar-refractivity contribution in [3.05, 3.63) is 17.7 Å². The highest BCUT2D eigenvalue weighted by Crippen LogP contribution is 2.35. The van der Waals surface area contributed by atoms with Gasteiger partial charge in [-0.2, -0.15) is 0 Å². The molecule has 5 nitrogen and oxygen atoms in total. The van der Waals surface area contributed by atoms with Gasteiger partial charge in [-0.25, -0.2) is 4.79 Å². The first-order valence-corrected chi connectivity index (χ1v) is 4.37. The lowest BCUT2D eigenvalue weighted by Crippen LogP contribution is -2.11. The van der Waals surface area contributed by atoms with Crippen molar-refractivity contribution < 1.29 is 24.9 Å². The summed E-state index contributed by atoms with van der Waals surface area (Å²) in [4.78, 5) is 11.3. The molecule has 0 aliphatic rings. The molecule has 0 atom stereocenters. The van der Waals surface area contributed by atoms with E-state index in [0.717, 1.165) is 12.1 Å². The molecule has 0 radical (unpaired) electrons. The molecular weight excluding hydrogens is 200 g/mol. The van der Waals surface area contributed by atoms with E-state index in [1.807, 2.05) is 0 Å². The summed E-state index contributed by atoms with van der Waals surface area (Å²) < 4.78 is 4.84. The summed E-state index contributed by atoms with van der Waals surface area (Å²) in [7, 11) is 0. The predicted molar refractivity (Wildman–Crippen MR) is 52.0 cm³/mol. The summed E-state index contributed by atoms with van der Waals surface area (Å²) in [5.74, 6) is -2.46. The average Bonchev–Trinajstić information content (AvgIpc) is 2.12. The van der Waals surface area contributed by atoms with Gasteiger partial charge in [-0.15, -0.1) is 0 Å². The van der Waals surface area contributed by atoms with Crippen LogP contribution < -0.4 is 0 Å². The van der Waals surface area contributed by atoms with Crippen LogP contribution in [0.5, 0.6) is 17.2 Å². The van der Waals surface area contributed by atoms with Gasteiger partial charge < -0.3 is 20.1 Å². The fourth-order valence-electron chi connectivity index (χ4n) is 1.00. The number of benzene rings is 1. The highest BCUT2D eigenvalue weighted by Gasteiger charge is 2.15. The Kier molecular flexibility index (Phi) is 3.04. The van der Waals surface area contributed by atoms with Crippen LogP contribution in [-0.4, -0.2) is 27.4 Å². The fourth-order valence-corrected chi connectivity index (χ4v) is 1.00. The minimum Gasteiger partial charge on any atom is -0.504 e. The Morgan fingerprint density at radius 3 is 2.07 bits per heavy atom. The number of ether oxygens (including phenoxy) is 1. The van der Waals surface area contributed by atoms with Crippen molar-refractivity contribution in [3.63, 3.8) is 0 Å². The Bertz CT molecular complexity index is 360. The van der Waals surface area contributed by atoms with E-state index in [2.05, 4.69) is 0 Å². The molecule has 0 aromatic heterocycles. The molecular formula is C10H12O5. The molecule has 1 rings (SSSR count). The lowest BCUT2D eigenvalue weighted by atomic mass is 10.2. The van der Waals surface area contributed by atoms with Crippen LogP contribution in [0.15, 0.2) is 12.1 Å². The van der Waals surface area contributed by atoms with E-state index >= 15 is 0 Å². The summed E-state index contributed by atoms with van der Waals surface area (Å²) in [5, 5.41) is 27.3. The third kappa shape index (κ3) is 2.52. The van der Waals surface area contributed by atoms with Gasteiger partial charge in [0.25, 0.3) is 0 Å². The lowest BCUT2D eigenvalue weighted by Gasteiger charge is -2.09. The van der Waals surface area contributed by atoms with Crippen molar-refractivity contribution in [2.45, 2.75) is 20.0 Å². The molecule has 5 heteroatoms. The van der Waals surface area contributed by atoms with Crippen molar-refractivity contribution in [2.24, 2.45) is 0 Å². The number of carbonyl (C=O) groups is 1. The first-order valence-electron chi connectivity index (χ1n) is 4.37. The maximum atomic E-state index is 11.3. The third-order valence-electron chi connectivity index (χ3n) is 1.65. The molecule has 0 heterocycles. The predicted octanol–water partition coefficient (Wildman–Crippen LogP) is 1.37. The zero-order valence-electron chi connectivity index (χ0n) is 8.39. The minimum absolute atomic E-state index is 0.0171. The highest BCUT2D eigenvalue weighted by molar-refractivity contribution is 5.91. The highest BCUT2D eigenvalue weighted by atomic mass is 16.5. The number of aromatic hydroxyl groups is 3. The van der Waals surface area contributed by atoms with Crippen LogP contribution in [0.25, 0.3) is 0 Å². The maximum Gasteiger partial charge on any atom is 0.338 e. The van der Waals surface area contributed by atoms with Crippen LogP contribution in [0.2, 0.25) is 0 Å². The summed E-state index contributed by atoms with van der Waals surface area (Å²) in [5.41, 5.74) is -0.0171. The standard InChI is InChI=1S/C10H12O5/c1-5(2)15-10(14)6-3-7(11)9(13)8(12)4-6/h3-5,11-13H,1-2H3. The zero-order valence-corrected chi connectivity index (χ0v) is 8.39. The Morgan fingerprint density at radius 1 is 1.20 bits per heavy atom. The van der Waals surface area contributed by atoms with Gasteiger partial charge in [0.05, 0.1) is 11.7 Å². The zero-order chi connectivity index (χ0) is 11.6. The second-order valence-corrected chi connectivity index (χ2v) is 3.32. The average molecular weight is 212 g/mol. The van der Waals surface area contributed by atoms with Crippen LogP contribution in [0.3, 0.4) is 0 Å². The summed E-state index contributed by atoms with van der Waals surface area (Å²) in [6.07, 6.45) is -0.296. The Morgan fingerprint density at radius 2 is 1.67 bits per heavy atom. The SMILES string of the molecule is CC(C)OC(=O)c1cc(O)c(O)c(O)c1. The minimum atomic E-state index is -0.671. The fraction of sp³-hybridized carbons (Fsp3) is 0.300. The molecule has 0 amide bonds. The van der Waals surface area contributed by atoms with E-state index < -0.39 is 23.2 Å². The molecule has 15 heavy (non-hydrogen) atoms. The van der Waals surface area contributed by atoms with Crippen molar-refractivity contribution in [1.29, 1.82) is 0 Å². The van der Waals surface area contributed by atoms with E-state index in [9.17, 15) is 4.79 Å². The molecule has 1 aromatic rings. The number of phenols is 3. The topological polar surface area (TPSA) is 87.0 Å². The van der Waals surface area contributed by atoms with Gasteiger partial charge in [0.2, 0.25) is 0 Å². The smallest absolute Gasteiger partial charge is 0.338 e. The van der Waals surface area contributed by atoms with Crippen molar-refractivity contribution in [2.75, 3.05) is 0 Å². The molecule has 0 unspecified atom stereocenters. The first-order chi connectivity index (χ1) is 6.91. The molecule has 1 aromatic carbocycles. The maximum absolute atomic E-state index is 11.3. The largest absolute Gasteiger partial charge is 0.504 e. The number of hydrogen-bond acceptors (Lipinski definition) is 5. The summed E-state index contributed by atoms with van der Waals surface area (Å²) in [6.45, 7) is 3.36. The Hall–Kier alpha value is -1.91. The van der Waals surface area contributed by atoms with Crippen LogP contribution in [0.1, 0.15) is 24.2 Å². The number of carbonyl (C=O) groups excluding carboxylic acids is 1. The molecule has 0 fully saturated rings. The second-order valence-electron chi connectivity index (χ2n) is 3.32. The number of phenolic OH excluding ortho intramolecular Hbond substituents is 3. The Balaban J connectivity index is 3.01. The van der Waals surface area contributed by atoms with Crippen LogP contribution >= 0.6 is 0 Å². The van der Waals surface area contributed by atoms with Crippen molar-refractivity contribution in [1.82, 2.24) is 0 Å². The van der Waals surface area contributed by atoms with E-state index in [4.69, 9.17) is 20.1 Å². The van der Waals surface area contributed by atoms with E-state index in [-0.39, 0.29) is 11.7 Å². The van der Waals surface area contributed by atoms with Gasteiger partial charge in [0, 0.05) is 0 Å². The van der Waals surface area contributed by atoms with Gasteiger partial charge in [-0.05, 0) is 26.0 Å². The van der Waals surface area contributed by atoms with Crippen LogP contribution in [0.4, 0.5) is 0 Å². The molecule has 0 aliphatic carbocycles. The normalized spacial score (nSPS) is 10.3. The Labute approximate surface area is 86.5 Å². The summed E-state index contributed by atoms with van der Waals surface area (Å²) >= 11 is 0. The van der Waals surface area contributed by atoms with Crippen molar-refractivity contribution in [3.8, 4) is 17.2 Å². The third-order valence-corrected chi connectivity index (χ3v) is 1.65. The summed E-state index contributed by atoms with van der Waals surface area (Å²) in [6, 6.07) is 2.06. The second kappa shape index (κ2) is 4.08. The number of rotatable bonds is 2. The number of esters is 1. The van der Waals surface area contributed by atoms with E-state index in [1.54, 1.807) is 13.8 Å². The molecule has 0 saturated heterocycles. The van der Waals surface area contributed by atoms with Gasteiger partial charge in [0.15, 0.2) is 17.2 Å². The first kappa shape index (κ1) is 11.2. The molecule has 0 bridgehead atoms. The lowest BCUT2D eigenvalue weighted by molar-refractivity contribution is 0.0377. The van der Waals surface area contributed by atoms with Gasteiger partial charge >= 0.3 is 5.97 Å². The van der Waals surface area contributed by atoms with Gasteiger partial charge in [-0.1, -0.05) is 0 Å². The molecule has 82 valence electrons. The monoisotopic (exact) mass is 212 g/mol. The quantitative estimate of drug-likeness (QED) is 0.509. The van der Waals surface area contributed by atoms with E-state index in [0.29, 0.717) is 0 Å². The molecule has 0 aliphatic heterocycles.